The first-order chi connectivity index (χ1) is 56.0. The van der Waals surface area contributed by atoms with Crippen LogP contribution < -0.4 is 26.6 Å². The fourth-order valence-electron chi connectivity index (χ4n) is 21.7. The summed E-state index contributed by atoms with van der Waals surface area (Å²) in [5.74, 6) is 1.17. The quantitative estimate of drug-likeness (QED) is 0.0598. The molecule has 9 atom stereocenters. The Hall–Kier alpha value is -8.02. The SMILES string of the molecule is CCC(=O)[C@@H]1C[C@]23CNCCCCCCCc4cc(CC(C)C)cc5c(C(C)=O)nn(c45)CC(=O)N1[C@@H]2C3.CCC(=O)[C@@H]1C[C@]23CNCCCCCCCc4cc(NC)cc5c(C(C)=O)nn(c45)CC(=O)N1[C@@H]2C3.CCC(=O)[C@@H]1C[C@]23CNCCCCCCCc4cc(NCC5CCCCC5)cc5c(C(C)=O)nn(c45)CC(=O)N1[C@@H]2C3. The van der Waals surface area contributed by atoms with Crippen LogP contribution in [0.1, 0.15) is 295 Å². The standard InChI is InChI=1S/C34H49N5O3.C31H44N4O3.C28H39N5O3/c1-3-29(41)28-18-34-19-30(34)39(28)31(42)21-38-33-25(14-10-5-4-6-11-15-35-22-34)16-26(17-27(33)32(37-38)23(2)40)36-20-24-12-8-7-9-13-24;1-5-26(37)25-16-31-17-27(31)35(25)28(38)18-34-30-23(11-9-7-6-8-10-12-32-19-31)14-22(13-20(2)3)15-24(30)29(33-34)21(4)36;1-4-23(35)22-14-28-15-24(28)33(22)25(36)16-32-27-19(10-8-6-5-7-9-11-30-17-28)12-20(29-3)13-21(27)26(31-32)18(2)34/h16-17,24,28,30,35-36H,3-15,18-22H2,1-2H3;14-15,20,25,27,32H,5-13,16-19H2,1-4H3;12-13,22,24,29-30H,4-11,14-17H2,1-3H3/t28-,30+,34-;25-,27+,31-;22-,24+,28-/m000/s1. The molecule has 3 amide bonds. The van der Waals surface area contributed by atoms with Crippen molar-refractivity contribution >= 4 is 96.5 Å². The highest BCUT2D eigenvalue weighted by Gasteiger charge is 2.69. The van der Waals surface area contributed by atoms with Crippen molar-refractivity contribution in [2.24, 2.45) is 28.1 Å². The second-order valence-corrected chi connectivity index (χ2v) is 37.0. The highest BCUT2D eigenvalue weighted by atomic mass is 16.2. The number of aryl methyl sites for hydroxylation is 3. The summed E-state index contributed by atoms with van der Waals surface area (Å²) in [5.41, 5.74) is 10.7. The molecule has 3 aromatic carbocycles. The average molecular weight is 1590 g/mol. The Labute approximate surface area is 686 Å². The number of nitrogens with one attached hydrogen (secondary N) is 5. The summed E-state index contributed by atoms with van der Waals surface area (Å²) in [6, 6.07) is 12.1. The minimum Gasteiger partial charge on any atom is -0.388 e. The third-order valence-corrected chi connectivity index (χ3v) is 28.0. The molecule has 116 heavy (non-hydrogen) atoms. The van der Waals surface area contributed by atoms with Crippen LogP contribution in [0, 0.1) is 28.1 Å². The smallest absolute Gasteiger partial charge is 0.245 e. The van der Waals surface area contributed by atoms with Gasteiger partial charge >= 0.3 is 0 Å². The van der Waals surface area contributed by atoms with Gasteiger partial charge < -0.3 is 41.3 Å². The van der Waals surface area contributed by atoms with Gasteiger partial charge in [-0.15, -0.1) is 0 Å². The van der Waals surface area contributed by atoms with Gasteiger partial charge in [0, 0.05) is 135 Å². The number of nitrogens with zero attached hydrogens (tertiary/aromatic N) is 9. The Morgan fingerprint density at radius 3 is 1.14 bits per heavy atom. The number of rotatable bonds is 15. The first-order valence-electron chi connectivity index (χ1n) is 45.2. The predicted molar refractivity (Wildman–Crippen MR) is 456 cm³/mol. The fourth-order valence-corrected chi connectivity index (χ4v) is 21.7. The Morgan fingerprint density at radius 2 is 0.776 bits per heavy atom. The molecule has 9 heterocycles. The van der Waals surface area contributed by atoms with E-state index in [1.54, 1.807) is 27.9 Å². The Kier molecular flexibility index (Phi) is 26.7. The minimum absolute atomic E-state index is 0.0138. The topological polar surface area (TPSA) is 277 Å². The maximum Gasteiger partial charge on any atom is 0.245 e. The van der Waals surface area contributed by atoms with E-state index in [4.69, 9.17) is 10.2 Å². The largest absolute Gasteiger partial charge is 0.388 e. The number of hydrogen-bond donors (Lipinski definition) is 5. The third-order valence-electron chi connectivity index (χ3n) is 28.0. The first-order valence-corrected chi connectivity index (χ1v) is 45.2. The van der Waals surface area contributed by atoms with Gasteiger partial charge in [0.25, 0.3) is 0 Å². The number of benzene rings is 3. The minimum atomic E-state index is -0.355. The molecule has 5 N–H and O–H groups in total. The van der Waals surface area contributed by atoms with Gasteiger partial charge in [-0.05, 0) is 200 Å². The number of anilines is 2. The predicted octanol–water partition coefficient (Wildman–Crippen LogP) is 14.3. The van der Waals surface area contributed by atoms with E-state index < -0.39 is 0 Å². The molecule has 4 aliphatic carbocycles. The van der Waals surface area contributed by atoms with Crippen molar-refractivity contribution in [3.05, 3.63) is 75.7 Å². The van der Waals surface area contributed by atoms with Crippen LogP contribution in [0.25, 0.3) is 32.7 Å². The van der Waals surface area contributed by atoms with Crippen LogP contribution in [0.5, 0.6) is 0 Å². The van der Waals surface area contributed by atoms with Crippen LogP contribution in [0.15, 0.2) is 36.4 Å². The Bertz CT molecular complexity index is 4660. The molecular weight excluding hydrogens is 1460 g/mol. The summed E-state index contributed by atoms with van der Waals surface area (Å²) in [6.07, 6.45) is 33.9. The number of ketones is 6. The molecule has 6 aliphatic heterocycles. The zero-order valence-corrected chi connectivity index (χ0v) is 71.2. The van der Waals surface area contributed by atoms with Gasteiger partial charge in [-0.2, -0.15) is 15.3 Å². The summed E-state index contributed by atoms with van der Waals surface area (Å²) in [5, 5.41) is 34.5. The van der Waals surface area contributed by atoms with E-state index in [1.807, 2.05) is 48.6 Å². The van der Waals surface area contributed by atoms with Crippen molar-refractivity contribution in [1.82, 2.24) is 60.0 Å². The van der Waals surface area contributed by atoms with Gasteiger partial charge in [0.15, 0.2) is 34.7 Å². The van der Waals surface area contributed by atoms with Crippen LogP contribution in [0.2, 0.25) is 0 Å². The number of hydrogen-bond acceptors (Lipinski definition) is 17. The van der Waals surface area contributed by atoms with Crippen molar-refractivity contribution in [3.8, 4) is 0 Å². The lowest BCUT2D eigenvalue weighted by molar-refractivity contribution is -0.139. The number of Topliss-reactive ketones (excluding diaryl/α,β-unsaturated/α-hetero) is 6. The number of amides is 3. The third kappa shape index (κ3) is 18.1. The van der Waals surface area contributed by atoms with Crippen molar-refractivity contribution in [1.29, 1.82) is 0 Å². The summed E-state index contributed by atoms with van der Waals surface area (Å²) in [4.78, 5) is 124. The lowest BCUT2D eigenvalue weighted by atomic mass is 9.89. The van der Waals surface area contributed by atoms with Gasteiger partial charge in [0.1, 0.15) is 36.7 Å². The van der Waals surface area contributed by atoms with Crippen LogP contribution in [-0.2, 0) is 74.1 Å². The lowest BCUT2D eigenvalue weighted by Gasteiger charge is -2.26. The van der Waals surface area contributed by atoms with E-state index in [0.717, 1.165) is 217 Å². The van der Waals surface area contributed by atoms with Crippen molar-refractivity contribution in [2.45, 2.75) is 323 Å². The van der Waals surface area contributed by atoms with Gasteiger partial charge in [-0.1, -0.05) is 118 Å². The second-order valence-electron chi connectivity index (χ2n) is 37.0. The lowest BCUT2D eigenvalue weighted by Crippen LogP contribution is -2.44. The first kappa shape index (κ1) is 84.4. The normalized spacial score (nSPS) is 27.0. The summed E-state index contributed by atoms with van der Waals surface area (Å²) >= 11 is 0. The average Bonchev–Trinajstić information content (AvgIpc) is 1.55. The Balaban J connectivity index is 0.000000144. The highest BCUT2D eigenvalue weighted by Crippen LogP contribution is 2.62. The molecule has 628 valence electrons. The highest BCUT2D eigenvalue weighted by molar-refractivity contribution is 6.09. The van der Waals surface area contributed by atoms with Crippen LogP contribution >= 0.6 is 0 Å². The van der Waals surface area contributed by atoms with Gasteiger partial charge in [0.2, 0.25) is 17.7 Å². The molecule has 7 fully saturated rings. The molecule has 0 unspecified atom stereocenters. The molecular formula is C93H132N14O9. The monoisotopic (exact) mass is 1590 g/mol. The van der Waals surface area contributed by atoms with E-state index in [9.17, 15) is 43.2 Å². The fraction of sp³-hybridized carbons (Fsp3) is 0.677. The number of piperidine rings is 3. The second kappa shape index (κ2) is 36.7. The maximum atomic E-state index is 14.1. The van der Waals surface area contributed by atoms with E-state index in [2.05, 4.69) is 75.9 Å². The number of carbonyl (C=O) groups excluding carboxylic acids is 9. The zero-order chi connectivity index (χ0) is 81.7. The van der Waals surface area contributed by atoms with E-state index in [0.29, 0.717) is 48.2 Å². The van der Waals surface area contributed by atoms with E-state index in [-0.39, 0.29) is 125 Å². The number of aromatic nitrogens is 6. The maximum absolute atomic E-state index is 14.1. The molecule has 23 nitrogen and oxygen atoms in total. The molecule has 6 aromatic rings. The Morgan fingerprint density at radius 1 is 0.440 bits per heavy atom. The van der Waals surface area contributed by atoms with E-state index in [1.165, 1.54) is 95.1 Å². The van der Waals surface area contributed by atoms with Crippen molar-refractivity contribution in [2.75, 3.05) is 63.5 Å². The van der Waals surface area contributed by atoms with Gasteiger partial charge in [-0.25, -0.2) is 0 Å². The molecule has 3 aromatic heterocycles. The zero-order valence-electron chi connectivity index (χ0n) is 71.2. The van der Waals surface area contributed by atoms with Gasteiger partial charge in [-0.3, -0.25) is 57.2 Å². The summed E-state index contributed by atoms with van der Waals surface area (Å²) in [6.45, 7) is 21.4. The molecule has 16 rings (SSSR count). The number of carbonyl (C=O) groups is 9. The summed E-state index contributed by atoms with van der Waals surface area (Å²) in [7, 11) is 1.88. The molecule has 4 saturated carbocycles. The molecule has 0 spiro atoms. The molecule has 6 bridgehead atoms. The van der Waals surface area contributed by atoms with Crippen LogP contribution in [-0.4, -0.2) is 186 Å². The van der Waals surface area contributed by atoms with Gasteiger partial charge in [0.05, 0.1) is 34.7 Å². The van der Waals surface area contributed by atoms with Crippen LogP contribution in [0.4, 0.5) is 11.4 Å². The summed E-state index contributed by atoms with van der Waals surface area (Å²) < 4.78 is 5.28. The van der Waals surface area contributed by atoms with Crippen molar-refractivity contribution < 1.29 is 43.2 Å². The molecule has 10 aliphatic rings. The molecule has 0 radical (unpaired) electrons. The van der Waals surface area contributed by atoms with Crippen LogP contribution in [0.3, 0.4) is 0 Å². The molecule has 3 saturated heterocycles. The van der Waals surface area contributed by atoms with Crippen molar-refractivity contribution in [3.63, 3.8) is 0 Å². The van der Waals surface area contributed by atoms with E-state index >= 15 is 0 Å². The molecule has 23 heteroatoms.